The van der Waals surface area contributed by atoms with E-state index in [-0.39, 0.29) is 24.3 Å². The van der Waals surface area contributed by atoms with Crippen LogP contribution in [0.15, 0.2) is 30.3 Å². The molecule has 20 heavy (non-hydrogen) atoms. The van der Waals surface area contributed by atoms with Gasteiger partial charge in [-0.15, -0.1) is 0 Å². The molecule has 1 aromatic carbocycles. The van der Waals surface area contributed by atoms with Crippen LogP contribution < -0.4 is 11.1 Å². The van der Waals surface area contributed by atoms with Crippen molar-refractivity contribution in [1.29, 1.82) is 0 Å². The van der Waals surface area contributed by atoms with E-state index in [0.717, 1.165) is 12.0 Å². The maximum Gasteiger partial charge on any atom is 0.227 e. The molecule has 0 fully saturated rings. The van der Waals surface area contributed by atoms with Gasteiger partial charge >= 0.3 is 0 Å². The summed E-state index contributed by atoms with van der Waals surface area (Å²) in [5, 5.41) is 12.2. The van der Waals surface area contributed by atoms with Gasteiger partial charge in [0.1, 0.15) is 0 Å². The fourth-order valence-electron chi connectivity index (χ4n) is 2.13. The molecule has 0 saturated heterocycles. The normalized spacial score (nSPS) is 17.1. The first-order valence-electron chi connectivity index (χ1n) is 7.23. The second-order valence-electron chi connectivity index (χ2n) is 5.42. The summed E-state index contributed by atoms with van der Waals surface area (Å²) in [4.78, 5) is 12.4. The van der Waals surface area contributed by atoms with Gasteiger partial charge in [0.25, 0.3) is 0 Å². The van der Waals surface area contributed by atoms with Gasteiger partial charge in [0, 0.05) is 12.6 Å². The van der Waals surface area contributed by atoms with Crippen LogP contribution in [0.5, 0.6) is 0 Å². The minimum Gasteiger partial charge on any atom is -0.392 e. The Morgan fingerprint density at radius 2 is 1.90 bits per heavy atom. The highest BCUT2D eigenvalue weighted by Gasteiger charge is 2.26. The Kier molecular flexibility index (Phi) is 6.68. The predicted molar refractivity (Wildman–Crippen MR) is 81.3 cm³/mol. The molecule has 0 heterocycles. The summed E-state index contributed by atoms with van der Waals surface area (Å²) in [7, 11) is 0. The van der Waals surface area contributed by atoms with Gasteiger partial charge in [-0.1, -0.05) is 50.6 Å². The van der Waals surface area contributed by atoms with E-state index in [0.29, 0.717) is 0 Å². The molecule has 0 bridgehead atoms. The van der Waals surface area contributed by atoms with Crippen molar-refractivity contribution in [1.82, 2.24) is 5.32 Å². The zero-order valence-electron chi connectivity index (χ0n) is 12.5. The Balaban J connectivity index is 2.77. The lowest BCUT2D eigenvalue weighted by Crippen LogP contribution is -2.45. The van der Waals surface area contributed by atoms with Gasteiger partial charge in [0.05, 0.1) is 12.0 Å². The van der Waals surface area contributed by atoms with Crippen LogP contribution in [0.2, 0.25) is 0 Å². The van der Waals surface area contributed by atoms with Crippen molar-refractivity contribution < 1.29 is 9.90 Å². The topological polar surface area (TPSA) is 75.4 Å². The van der Waals surface area contributed by atoms with Crippen molar-refractivity contribution in [2.75, 3.05) is 6.54 Å². The number of carbonyl (C=O) groups excluding carboxylic acids is 1. The molecular weight excluding hydrogens is 252 g/mol. The van der Waals surface area contributed by atoms with Gasteiger partial charge < -0.3 is 16.2 Å². The summed E-state index contributed by atoms with van der Waals surface area (Å²) in [5.41, 5.74) is 6.77. The monoisotopic (exact) mass is 278 g/mol. The van der Waals surface area contributed by atoms with Crippen LogP contribution in [0.1, 0.15) is 38.7 Å². The lowest BCUT2D eigenvalue weighted by atomic mass is 9.85. The van der Waals surface area contributed by atoms with Crippen LogP contribution in [0, 0.1) is 5.92 Å². The summed E-state index contributed by atoms with van der Waals surface area (Å²) in [6.45, 7) is 6.07. The van der Waals surface area contributed by atoms with Gasteiger partial charge in [0.2, 0.25) is 5.91 Å². The van der Waals surface area contributed by atoms with Crippen molar-refractivity contribution in [2.45, 2.75) is 45.3 Å². The van der Waals surface area contributed by atoms with E-state index in [1.807, 2.05) is 30.3 Å². The van der Waals surface area contributed by atoms with E-state index in [4.69, 9.17) is 5.73 Å². The van der Waals surface area contributed by atoms with Crippen molar-refractivity contribution in [3.05, 3.63) is 35.9 Å². The molecule has 4 nitrogen and oxygen atoms in total. The number of nitrogens with one attached hydrogen (secondary N) is 1. The first kappa shape index (κ1) is 16.7. The van der Waals surface area contributed by atoms with E-state index in [2.05, 4.69) is 19.2 Å². The van der Waals surface area contributed by atoms with Crippen molar-refractivity contribution in [2.24, 2.45) is 11.7 Å². The van der Waals surface area contributed by atoms with Crippen molar-refractivity contribution in [3.63, 3.8) is 0 Å². The Morgan fingerprint density at radius 3 is 2.40 bits per heavy atom. The third-order valence-electron chi connectivity index (χ3n) is 3.79. The zero-order chi connectivity index (χ0) is 15.1. The molecule has 0 saturated carbocycles. The van der Waals surface area contributed by atoms with Gasteiger partial charge in [-0.05, 0) is 18.4 Å². The quantitative estimate of drug-likeness (QED) is 0.710. The fraction of sp³-hybridized carbons (Fsp3) is 0.562. The summed E-state index contributed by atoms with van der Waals surface area (Å²) in [5.74, 6) is 0.0456. The molecule has 0 aliphatic rings. The van der Waals surface area contributed by atoms with Crippen LogP contribution >= 0.6 is 0 Å². The van der Waals surface area contributed by atoms with Crippen LogP contribution in [-0.4, -0.2) is 29.7 Å². The Morgan fingerprint density at radius 1 is 1.30 bits per heavy atom. The molecule has 4 unspecified atom stereocenters. The molecule has 1 aromatic rings. The summed E-state index contributed by atoms with van der Waals surface area (Å²) >= 11 is 0. The third kappa shape index (κ3) is 4.62. The molecular formula is C16H26N2O2. The molecule has 4 atom stereocenters. The number of aliphatic hydroxyl groups is 1. The molecule has 0 aliphatic heterocycles. The lowest BCUT2D eigenvalue weighted by Gasteiger charge is -2.24. The molecule has 1 amide bonds. The average molecular weight is 278 g/mol. The largest absolute Gasteiger partial charge is 0.392 e. The predicted octanol–water partition coefficient (Wildman–Crippen LogP) is 1.64. The van der Waals surface area contributed by atoms with Crippen molar-refractivity contribution in [3.8, 4) is 0 Å². The molecule has 0 aliphatic carbocycles. The molecule has 0 radical (unpaired) electrons. The zero-order valence-corrected chi connectivity index (χ0v) is 12.5. The number of carbonyl (C=O) groups is 1. The molecule has 0 spiro atoms. The Hall–Kier alpha value is -1.39. The van der Waals surface area contributed by atoms with Crippen molar-refractivity contribution >= 4 is 5.91 Å². The number of hydrogen-bond donors (Lipinski definition) is 3. The van der Waals surface area contributed by atoms with E-state index in [9.17, 15) is 9.90 Å². The number of nitrogens with two attached hydrogens (primary N) is 1. The minimum absolute atomic E-state index is 0.0262. The maximum atomic E-state index is 12.4. The number of aliphatic hydroxyl groups excluding tert-OH is 1. The maximum absolute atomic E-state index is 12.4. The highest BCUT2D eigenvalue weighted by Crippen LogP contribution is 2.27. The molecule has 1 rings (SSSR count). The number of rotatable bonds is 7. The van der Waals surface area contributed by atoms with E-state index in [1.54, 1.807) is 6.92 Å². The van der Waals surface area contributed by atoms with Gasteiger partial charge in [-0.25, -0.2) is 0 Å². The first-order chi connectivity index (χ1) is 9.47. The minimum atomic E-state index is -0.630. The fourth-order valence-corrected chi connectivity index (χ4v) is 2.13. The summed E-state index contributed by atoms with van der Waals surface area (Å²) < 4.78 is 0. The van der Waals surface area contributed by atoms with E-state index in [1.165, 1.54) is 0 Å². The number of amides is 1. The first-order valence-corrected chi connectivity index (χ1v) is 7.23. The van der Waals surface area contributed by atoms with Crippen LogP contribution in [-0.2, 0) is 4.79 Å². The van der Waals surface area contributed by atoms with Crippen LogP contribution in [0.4, 0.5) is 0 Å². The molecule has 112 valence electrons. The highest BCUT2D eigenvalue weighted by molar-refractivity contribution is 5.84. The highest BCUT2D eigenvalue weighted by atomic mass is 16.3. The van der Waals surface area contributed by atoms with Gasteiger partial charge in [0.15, 0.2) is 0 Å². The Labute approximate surface area is 121 Å². The smallest absolute Gasteiger partial charge is 0.227 e. The van der Waals surface area contributed by atoms with Crippen LogP contribution in [0.3, 0.4) is 0 Å². The second kappa shape index (κ2) is 8.02. The van der Waals surface area contributed by atoms with E-state index < -0.39 is 12.1 Å². The summed E-state index contributed by atoms with van der Waals surface area (Å²) in [6, 6.07) is 9.35. The molecule has 4 heteroatoms. The summed E-state index contributed by atoms with van der Waals surface area (Å²) in [6.07, 6.45) is 0.296. The number of benzene rings is 1. The standard InChI is InChI=1S/C16H26N2O2/c1-4-11(2)15(13-8-6-5-7-9-13)16(20)18-10-14(17)12(3)19/h5-9,11-12,14-15,19H,4,10,17H2,1-3H3,(H,18,20). The third-order valence-corrected chi connectivity index (χ3v) is 3.79. The lowest BCUT2D eigenvalue weighted by molar-refractivity contribution is -0.123. The number of hydrogen-bond acceptors (Lipinski definition) is 3. The molecule has 0 aromatic heterocycles. The second-order valence-corrected chi connectivity index (χ2v) is 5.42. The average Bonchev–Trinajstić information content (AvgIpc) is 2.45. The SMILES string of the molecule is CCC(C)C(C(=O)NCC(N)C(C)O)c1ccccc1. The molecule has 4 N–H and O–H groups in total. The van der Waals surface area contributed by atoms with Crippen LogP contribution in [0.25, 0.3) is 0 Å². The Bertz CT molecular complexity index is 406. The van der Waals surface area contributed by atoms with Gasteiger partial charge in [-0.2, -0.15) is 0 Å². The van der Waals surface area contributed by atoms with E-state index >= 15 is 0 Å². The van der Waals surface area contributed by atoms with Gasteiger partial charge in [-0.3, -0.25) is 4.79 Å².